The number of fused-ring (bicyclic) bond motifs is 3. The lowest BCUT2D eigenvalue weighted by atomic mass is 10.0. The fourth-order valence-electron chi connectivity index (χ4n) is 4.30. The molecule has 0 bridgehead atoms. The van der Waals surface area contributed by atoms with Crippen molar-refractivity contribution in [3.63, 3.8) is 0 Å². The Hall–Kier alpha value is -2.17. The van der Waals surface area contributed by atoms with Gasteiger partial charge in [0, 0.05) is 18.2 Å². The first-order valence-electron chi connectivity index (χ1n) is 8.85. The topological polar surface area (TPSA) is 38.0 Å². The van der Waals surface area contributed by atoms with Gasteiger partial charge >= 0.3 is 0 Å². The molecule has 2 aliphatic rings. The average molecular weight is 323 g/mol. The lowest BCUT2D eigenvalue weighted by Gasteiger charge is -2.33. The highest BCUT2D eigenvalue weighted by Gasteiger charge is 2.38. The number of amides is 1. The molecular weight excluding hydrogens is 298 g/mol. The number of piperazine rings is 1. The molecule has 4 rings (SSSR count). The molecule has 2 aromatic carbocycles. The van der Waals surface area contributed by atoms with E-state index in [4.69, 9.17) is 0 Å². The summed E-state index contributed by atoms with van der Waals surface area (Å²) >= 11 is 0. The summed E-state index contributed by atoms with van der Waals surface area (Å²) in [5, 5.41) is 2.74. The van der Waals surface area contributed by atoms with Crippen LogP contribution in [0, 0.1) is 0 Å². The summed E-state index contributed by atoms with van der Waals surface area (Å²) in [4.78, 5) is 14.6. The number of quaternary nitrogens is 2. The predicted molar refractivity (Wildman–Crippen MR) is 94.0 cm³/mol. The number of hydrogen-bond acceptors (Lipinski definition) is 1. The van der Waals surface area contributed by atoms with Gasteiger partial charge in [-0.05, 0) is 11.1 Å². The first kappa shape index (κ1) is 15.4. The summed E-state index contributed by atoms with van der Waals surface area (Å²) in [6.07, 6.45) is 0. The smallest absolute Gasteiger partial charge is 0.274 e. The van der Waals surface area contributed by atoms with E-state index in [1.54, 1.807) is 11.9 Å². The SMILES string of the molecule is CNC(=O)C[NH+]1CC[NH+](C2c3ccccc3-c3ccccc32)CC1. The Labute approximate surface area is 143 Å². The van der Waals surface area contributed by atoms with E-state index < -0.39 is 0 Å². The van der Waals surface area contributed by atoms with Gasteiger partial charge in [0.1, 0.15) is 32.2 Å². The van der Waals surface area contributed by atoms with E-state index in [1.807, 2.05) is 0 Å². The van der Waals surface area contributed by atoms with Gasteiger partial charge in [0.2, 0.25) is 0 Å². The Kier molecular flexibility index (Phi) is 4.08. The van der Waals surface area contributed by atoms with E-state index in [9.17, 15) is 4.79 Å². The first-order chi connectivity index (χ1) is 11.8. The number of rotatable bonds is 3. The summed E-state index contributed by atoms with van der Waals surface area (Å²) in [5.41, 5.74) is 5.71. The van der Waals surface area contributed by atoms with Crippen molar-refractivity contribution in [3.8, 4) is 11.1 Å². The van der Waals surface area contributed by atoms with Gasteiger partial charge in [-0.1, -0.05) is 48.5 Å². The fourth-order valence-corrected chi connectivity index (χ4v) is 4.30. The van der Waals surface area contributed by atoms with Crippen LogP contribution in [-0.4, -0.2) is 45.7 Å². The largest absolute Gasteiger partial charge is 0.354 e. The fraction of sp³-hybridized carbons (Fsp3) is 0.350. The molecule has 1 saturated heterocycles. The summed E-state index contributed by atoms with van der Waals surface area (Å²) < 4.78 is 0. The summed E-state index contributed by atoms with van der Waals surface area (Å²) in [6.45, 7) is 4.94. The molecule has 0 saturated carbocycles. The Morgan fingerprint density at radius 1 is 0.958 bits per heavy atom. The van der Waals surface area contributed by atoms with Gasteiger partial charge in [-0.15, -0.1) is 0 Å². The van der Waals surface area contributed by atoms with Crippen LogP contribution >= 0.6 is 0 Å². The molecule has 0 spiro atoms. The van der Waals surface area contributed by atoms with Gasteiger partial charge in [0.15, 0.2) is 6.54 Å². The minimum absolute atomic E-state index is 0.144. The van der Waals surface area contributed by atoms with Crippen molar-refractivity contribution in [2.45, 2.75) is 6.04 Å². The number of nitrogens with one attached hydrogen (secondary N) is 3. The van der Waals surface area contributed by atoms with Crippen molar-refractivity contribution in [1.82, 2.24) is 5.32 Å². The molecule has 1 amide bonds. The lowest BCUT2D eigenvalue weighted by molar-refractivity contribution is -1.02. The normalized spacial score (nSPS) is 22.7. The van der Waals surface area contributed by atoms with Crippen molar-refractivity contribution in [2.24, 2.45) is 0 Å². The third-order valence-electron chi connectivity index (χ3n) is 5.53. The molecule has 2 aromatic rings. The van der Waals surface area contributed by atoms with E-state index >= 15 is 0 Å². The molecule has 4 nitrogen and oxygen atoms in total. The molecule has 0 atom stereocenters. The van der Waals surface area contributed by atoms with Crippen LogP contribution in [0.25, 0.3) is 11.1 Å². The summed E-state index contributed by atoms with van der Waals surface area (Å²) in [6, 6.07) is 18.1. The number of benzene rings is 2. The van der Waals surface area contributed by atoms with Crippen LogP contribution in [0.2, 0.25) is 0 Å². The summed E-state index contributed by atoms with van der Waals surface area (Å²) in [7, 11) is 1.72. The number of hydrogen-bond donors (Lipinski definition) is 3. The molecule has 4 heteroatoms. The van der Waals surface area contributed by atoms with E-state index in [0.29, 0.717) is 12.6 Å². The second kappa shape index (κ2) is 6.38. The van der Waals surface area contributed by atoms with Gasteiger partial charge < -0.3 is 15.1 Å². The van der Waals surface area contributed by atoms with Crippen LogP contribution in [0.1, 0.15) is 17.2 Å². The van der Waals surface area contributed by atoms with Crippen molar-refractivity contribution >= 4 is 5.91 Å². The van der Waals surface area contributed by atoms with Gasteiger partial charge in [0.25, 0.3) is 5.91 Å². The number of likely N-dealkylation sites (N-methyl/N-ethyl adjacent to an activating group) is 1. The quantitative estimate of drug-likeness (QED) is 0.686. The molecule has 3 N–H and O–H groups in total. The minimum atomic E-state index is 0.144. The van der Waals surface area contributed by atoms with E-state index in [0.717, 1.165) is 26.2 Å². The molecule has 124 valence electrons. The number of carbonyl (C=O) groups excluding carboxylic acids is 1. The van der Waals surface area contributed by atoms with Crippen LogP contribution in [0.3, 0.4) is 0 Å². The Balaban J connectivity index is 1.56. The van der Waals surface area contributed by atoms with E-state index in [-0.39, 0.29) is 5.91 Å². The van der Waals surface area contributed by atoms with Crippen molar-refractivity contribution < 1.29 is 14.6 Å². The summed E-state index contributed by atoms with van der Waals surface area (Å²) in [5.74, 6) is 0.144. The van der Waals surface area contributed by atoms with Crippen molar-refractivity contribution in [3.05, 3.63) is 59.7 Å². The lowest BCUT2D eigenvalue weighted by Crippen LogP contribution is -3.28. The Morgan fingerprint density at radius 3 is 2.04 bits per heavy atom. The molecule has 1 heterocycles. The zero-order valence-electron chi connectivity index (χ0n) is 14.1. The van der Waals surface area contributed by atoms with Gasteiger partial charge in [-0.25, -0.2) is 0 Å². The van der Waals surface area contributed by atoms with Crippen LogP contribution in [-0.2, 0) is 4.79 Å². The Morgan fingerprint density at radius 2 is 1.50 bits per heavy atom. The molecular formula is C20H25N3O+2. The highest BCUT2D eigenvalue weighted by Crippen LogP contribution is 2.41. The highest BCUT2D eigenvalue weighted by atomic mass is 16.1. The standard InChI is InChI=1S/C20H23N3O/c1-21-19(24)14-22-10-12-23(13-11-22)20-17-8-4-2-6-15(17)16-7-3-5-9-18(16)20/h2-9,20H,10-14H2,1H3,(H,21,24)/p+2. The van der Waals surface area contributed by atoms with Gasteiger partial charge in [-0.3, -0.25) is 4.79 Å². The monoisotopic (exact) mass is 323 g/mol. The zero-order valence-corrected chi connectivity index (χ0v) is 14.1. The van der Waals surface area contributed by atoms with E-state index in [1.165, 1.54) is 27.2 Å². The van der Waals surface area contributed by atoms with Crippen LogP contribution in [0.4, 0.5) is 0 Å². The van der Waals surface area contributed by atoms with Gasteiger partial charge in [-0.2, -0.15) is 0 Å². The van der Waals surface area contributed by atoms with Crippen LogP contribution < -0.4 is 15.1 Å². The maximum Gasteiger partial charge on any atom is 0.274 e. The average Bonchev–Trinajstić information content (AvgIpc) is 2.97. The van der Waals surface area contributed by atoms with Crippen LogP contribution in [0.15, 0.2) is 48.5 Å². The minimum Gasteiger partial charge on any atom is -0.354 e. The number of carbonyl (C=O) groups is 1. The second-order valence-corrected chi connectivity index (χ2v) is 6.87. The molecule has 0 aromatic heterocycles. The third kappa shape index (κ3) is 2.62. The Bertz CT molecular complexity index is 705. The second-order valence-electron chi connectivity index (χ2n) is 6.87. The van der Waals surface area contributed by atoms with Crippen LogP contribution in [0.5, 0.6) is 0 Å². The van der Waals surface area contributed by atoms with E-state index in [2.05, 4.69) is 53.8 Å². The third-order valence-corrected chi connectivity index (χ3v) is 5.53. The molecule has 0 radical (unpaired) electrons. The molecule has 1 fully saturated rings. The molecule has 0 unspecified atom stereocenters. The predicted octanol–water partition coefficient (Wildman–Crippen LogP) is -0.714. The zero-order chi connectivity index (χ0) is 16.5. The molecule has 1 aliphatic heterocycles. The first-order valence-corrected chi connectivity index (χ1v) is 8.85. The van der Waals surface area contributed by atoms with Crippen molar-refractivity contribution in [2.75, 3.05) is 39.8 Å². The molecule has 1 aliphatic carbocycles. The maximum absolute atomic E-state index is 11.6. The van der Waals surface area contributed by atoms with Crippen molar-refractivity contribution in [1.29, 1.82) is 0 Å². The highest BCUT2D eigenvalue weighted by molar-refractivity contribution is 5.78. The molecule has 24 heavy (non-hydrogen) atoms. The maximum atomic E-state index is 11.6. The van der Waals surface area contributed by atoms with Gasteiger partial charge in [0.05, 0.1) is 0 Å².